The minimum Gasteiger partial charge on any atom is -0.497 e. The van der Waals surface area contributed by atoms with Gasteiger partial charge in [0.25, 0.3) is 0 Å². The Labute approximate surface area is 110 Å². The predicted molar refractivity (Wildman–Crippen MR) is 72.9 cm³/mol. The first kappa shape index (κ1) is 11.8. The molecule has 0 bridgehead atoms. The fourth-order valence-electron chi connectivity index (χ4n) is 2.11. The van der Waals surface area contributed by atoms with E-state index in [2.05, 4.69) is 0 Å². The maximum absolute atomic E-state index is 14.4. The van der Waals surface area contributed by atoms with Crippen molar-refractivity contribution in [2.75, 3.05) is 7.11 Å². The SMILES string of the molecule is COc1ccc(-c2oc3ccc(C)cc3c2F)cc1. The van der Waals surface area contributed by atoms with E-state index in [4.69, 9.17) is 9.15 Å². The van der Waals surface area contributed by atoms with Crippen LogP contribution in [0.15, 0.2) is 46.9 Å². The number of methoxy groups -OCH3 is 1. The highest BCUT2D eigenvalue weighted by Gasteiger charge is 2.15. The van der Waals surface area contributed by atoms with E-state index < -0.39 is 0 Å². The molecule has 0 atom stereocenters. The third-order valence-electron chi connectivity index (χ3n) is 3.14. The molecule has 2 nitrogen and oxygen atoms in total. The predicted octanol–water partition coefficient (Wildman–Crippen LogP) is 4.56. The second-order valence-corrected chi connectivity index (χ2v) is 4.47. The summed E-state index contributed by atoms with van der Waals surface area (Å²) in [4.78, 5) is 0. The monoisotopic (exact) mass is 256 g/mol. The molecule has 0 spiro atoms. The molecule has 96 valence electrons. The molecule has 0 saturated carbocycles. The molecular weight excluding hydrogens is 243 g/mol. The first-order valence-electron chi connectivity index (χ1n) is 6.02. The van der Waals surface area contributed by atoms with Gasteiger partial charge in [0.2, 0.25) is 0 Å². The van der Waals surface area contributed by atoms with Crippen molar-refractivity contribution < 1.29 is 13.5 Å². The van der Waals surface area contributed by atoms with E-state index in [9.17, 15) is 4.39 Å². The maximum atomic E-state index is 14.4. The van der Waals surface area contributed by atoms with Crippen molar-refractivity contribution in [3.63, 3.8) is 0 Å². The second kappa shape index (κ2) is 4.43. The van der Waals surface area contributed by atoms with Gasteiger partial charge in [-0.05, 0) is 43.3 Å². The van der Waals surface area contributed by atoms with Gasteiger partial charge in [-0.25, -0.2) is 4.39 Å². The molecule has 0 saturated heterocycles. The van der Waals surface area contributed by atoms with Crippen LogP contribution in [0.2, 0.25) is 0 Å². The van der Waals surface area contributed by atoms with Crippen LogP contribution >= 0.6 is 0 Å². The van der Waals surface area contributed by atoms with Crippen LogP contribution in [0.5, 0.6) is 5.75 Å². The fourth-order valence-corrected chi connectivity index (χ4v) is 2.11. The largest absolute Gasteiger partial charge is 0.497 e. The lowest BCUT2D eigenvalue weighted by Gasteiger charge is -2.00. The summed E-state index contributed by atoms with van der Waals surface area (Å²) in [6.45, 7) is 1.93. The van der Waals surface area contributed by atoms with Gasteiger partial charge in [0.15, 0.2) is 11.6 Å². The lowest BCUT2D eigenvalue weighted by Crippen LogP contribution is -1.83. The first-order valence-corrected chi connectivity index (χ1v) is 6.02. The van der Waals surface area contributed by atoms with E-state index in [1.54, 1.807) is 43.5 Å². The molecular formula is C16H13FO2. The van der Waals surface area contributed by atoms with E-state index in [0.29, 0.717) is 16.5 Å². The van der Waals surface area contributed by atoms with Crippen molar-refractivity contribution >= 4 is 11.0 Å². The summed E-state index contributed by atoms with van der Waals surface area (Å²) in [7, 11) is 1.60. The van der Waals surface area contributed by atoms with Crippen LogP contribution in [-0.4, -0.2) is 7.11 Å². The lowest BCUT2D eigenvalue weighted by molar-refractivity contribution is 0.415. The van der Waals surface area contributed by atoms with Gasteiger partial charge in [0, 0.05) is 5.56 Å². The summed E-state index contributed by atoms with van der Waals surface area (Å²) in [5, 5.41) is 0.519. The number of rotatable bonds is 2. The summed E-state index contributed by atoms with van der Waals surface area (Å²) in [6, 6.07) is 12.6. The molecule has 1 heterocycles. The van der Waals surface area contributed by atoms with Gasteiger partial charge in [-0.2, -0.15) is 0 Å². The van der Waals surface area contributed by atoms with Crippen molar-refractivity contribution in [1.82, 2.24) is 0 Å². The quantitative estimate of drug-likeness (QED) is 0.670. The molecule has 3 rings (SSSR count). The van der Waals surface area contributed by atoms with Crippen LogP contribution in [0.4, 0.5) is 4.39 Å². The number of benzene rings is 2. The van der Waals surface area contributed by atoms with Gasteiger partial charge < -0.3 is 9.15 Å². The van der Waals surface area contributed by atoms with Gasteiger partial charge in [-0.15, -0.1) is 0 Å². The summed E-state index contributed by atoms with van der Waals surface area (Å²) in [5.41, 5.74) is 2.27. The Hall–Kier alpha value is -2.29. The van der Waals surface area contributed by atoms with Crippen molar-refractivity contribution in [1.29, 1.82) is 0 Å². The Balaban J connectivity index is 2.16. The second-order valence-electron chi connectivity index (χ2n) is 4.47. The van der Waals surface area contributed by atoms with Gasteiger partial charge in [-0.3, -0.25) is 0 Å². The normalized spacial score (nSPS) is 10.9. The van der Waals surface area contributed by atoms with Crippen LogP contribution in [0.1, 0.15) is 5.56 Å². The van der Waals surface area contributed by atoms with Crippen LogP contribution in [0, 0.1) is 12.7 Å². The molecule has 3 heteroatoms. The third-order valence-corrected chi connectivity index (χ3v) is 3.14. The zero-order chi connectivity index (χ0) is 13.4. The van der Waals surface area contributed by atoms with E-state index in [1.165, 1.54) is 0 Å². The molecule has 0 fully saturated rings. The fraction of sp³-hybridized carbons (Fsp3) is 0.125. The van der Waals surface area contributed by atoms with Crippen molar-refractivity contribution in [3.05, 3.63) is 53.8 Å². The molecule has 0 radical (unpaired) electrons. The average molecular weight is 256 g/mol. The van der Waals surface area contributed by atoms with Crippen molar-refractivity contribution in [2.24, 2.45) is 0 Å². The summed E-state index contributed by atoms with van der Waals surface area (Å²) in [6.07, 6.45) is 0. The molecule has 0 unspecified atom stereocenters. The Bertz CT molecular complexity index is 726. The average Bonchev–Trinajstić information content (AvgIpc) is 2.76. The molecule has 19 heavy (non-hydrogen) atoms. The molecule has 0 aliphatic heterocycles. The molecule has 0 amide bonds. The van der Waals surface area contributed by atoms with Crippen LogP contribution in [0.25, 0.3) is 22.3 Å². The topological polar surface area (TPSA) is 22.4 Å². The number of fused-ring (bicyclic) bond motifs is 1. The lowest BCUT2D eigenvalue weighted by atomic mass is 10.1. The number of furan rings is 1. The van der Waals surface area contributed by atoms with Gasteiger partial charge in [0.1, 0.15) is 11.3 Å². The van der Waals surface area contributed by atoms with Crippen LogP contribution in [0.3, 0.4) is 0 Å². The number of hydrogen-bond donors (Lipinski definition) is 0. The van der Waals surface area contributed by atoms with Crippen molar-refractivity contribution in [3.8, 4) is 17.1 Å². The van der Waals surface area contributed by atoms with Crippen LogP contribution in [-0.2, 0) is 0 Å². The summed E-state index contributed by atoms with van der Waals surface area (Å²) in [5.74, 6) is 0.684. The molecule has 1 aromatic heterocycles. The number of hydrogen-bond acceptors (Lipinski definition) is 2. The zero-order valence-electron chi connectivity index (χ0n) is 10.7. The first-order chi connectivity index (χ1) is 9.19. The highest BCUT2D eigenvalue weighted by atomic mass is 19.1. The maximum Gasteiger partial charge on any atom is 0.177 e. The van der Waals surface area contributed by atoms with E-state index in [0.717, 1.165) is 11.3 Å². The Morgan fingerprint density at radius 3 is 2.47 bits per heavy atom. The molecule has 0 N–H and O–H groups in total. The number of aryl methyl sites for hydroxylation is 1. The van der Waals surface area contributed by atoms with E-state index in [1.807, 2.05) is 13.0 Å². The molecule has 0 aliphatic carbocycles. The van der Waals surface area contributed by atoms with Crippen LogP contribution < -0.4 is 4.74 Å². The molecule has 0 aliphatic rings. The third kappa shape index (κ3) is 1.97. The van der Waals surface area contributed by atoms with Gasteiger partial charge >= 0.3 is 0 Å². The van der Waals surface area contributed by atoms with Crippen molar-refractivity contribution in [2.45, 2.75) is 6.92 Å². The molecule has 2 aromatic carbocycles. The number of halogens is 1. The van der Waals surface area contributed by atoms with Gasteiger partial charge in [-0.1, -0.05) is 11.6 Å². The minimum atomic E-state index is -0.316. The smallest absolute Gasteiger partial charge is 0.177 e. The zero-order valence-corrected chi connectivity index (χ0v) is 10.7. The minimum absolute atomic E-state index is 0.267. The number of ether oxygens (including phenoxy) is 1. The highest BCUT2D eigenvalue weighted by molar-refractivity contribution is 5.84. The Morgan fingerprint density at radius 2 is 1.79 bits per heavy atom. The Morgan fingerprint density at radius 1 is 1.05 bits per heavy atom. The Kier molecular flexibility index (Phi) is 2.75. The molecule has 3 aromatic rings. The van der Waals surface area contributed by atoms with E-state index in [-0.39, 0.29) is 11.6 Å². The summed E-state index contributed by atoms with van der Waals surface area (Å²) >= 11 is 0. The van der Waals surface area contributed by atoms with E-state index >= 15 is 0 Å². The van der Waals surface area contributed by atoms with Gasteiger partial charge in [0.05, 0.1) is 12.5 Å². The highest BCUT2D eigenvalue weighted by Crippen LogP contribution is 2.33. The standard InChI is InChI=1S/C16H13FO2/c1-10-3-8-14-13(9-10)15(17)16(19-14)11-4-6-12(18-2)7-5-11/h3-9H,1-2H3. The summed E-state index contributed by atoms with van der Waals surface area (Å²) < 4.78 is 25.0.